The molecule has 0 aliphatic carbocycles. The van der Waals surface area contributed by atoms with Crippen LogP contribution in [0.5, 0.6) is 0 Å². The van der Waals surface area contributed by atoms with E-state index in [2.05, 4.69) is 11.8 Å². The van der Waals surface area contributed by atoms with Crippen LogP contribution in [0.1, 0.15) is 6.92 Å². The van der Waals surface area contributed by atoms with Crippen molar-refractivity contribution < 1.29 is 4.74 Å². The molecular formula is C7H16N2O. The molecule has 0 aromatic rings. The van der Waals surface area contributed by atoms with Gasteiger partial charge in [0.15, 0.2) is 0 Å². The highest BCUT2D eigenvalue weighted by Crippen LogP contribution is 2.03. The van der Waals surface area contributed by atoms with Gasteiger partial charge >= 0.3 is 0 Å². The Balaban J connectivity index is 2.34. The fourth-order valence-electron chi connectivity index (χ4n) is 1.32. The zero-order valence-corrected chi connectivity index (χ0v) is 6.55. The number of hydrogen-bond donors (Lipinski definition) is 1. The summed E-state index contributed by atoms with van der Waals surface area (Å²) in [6.45, 7) is 6.68. The summed E-state index contributed by atoms with van der Waals surface area (Å²) in [5.74, 6) is 0. The lowest BCUT2D eigenvalue weighted by molar-refractivity contribution is -0.00112. The molecule has 0 aromatic heterocycles. The van der Waals surface area contributed by atoms with Crippen LogP contribution in [0, 0.1) is 0 Å². The van der Waals surface area contributed by atoms with E-state index >= 15 is 0 Å². The molecule has 1 saturated heterocycles. The summed E-state index contributed by atoms with van der Waals surface area (Å²) in [6.07, 6.45) is 0. The molecule has 10 heavy (non-hydrogen) atoms. The first-order valence-electron chi connectivity index (χ1n) is 3.90. The van der Waals surface area contributed by atoms with Gasteiger partial charge in [-0.1, -0.05) is 6.92 Å². The monoisotopic (exact) mass is 144 g/mol. The fourth-order valence-corrected chi connectivity index (χ4v) is 1.32. The molecule has 1 fully saturated rings. The first kappa shape index (κ1) is 7.98. The molecule has 2 N–H and O–H groups in total. The molecule has 3 heteroatoms. The number of rotatable bonds is 2. The van der Waals surface area contributed by atoms with E-state index in [4.69, 9.17) is 10.5 Å². The van der Waals surface area contributed by atoms with Crippen molar-refractivity contribution in [1.29, 1.82) is 0 Å². The highest BCUT2D eigenvalue weighted by atomic mass is 16.5. The third-order valence-corrected chi connectivity index (χ3v) is 2.03. The number of hydrogen-bond acceptors (Lipinski definition) is 3. The average molecular weight is 144 g/mol. The molecule has 1 atom stereocenters. The number of likely N-dealkylation sites (N-methyl/N-ethyl adjacent to an activating group) is 1. The molecule has 1 rings (SSSR count). The molecule has 0 spiro atoms. The van der Waals surface area contributed by atoms with Crippen molar-refractivity contribution in [2.75, 3.05) is 32.8 Å². The van der Waals surface area contributed by atoms with E-state index in [0.29, 0.717) is 12.6 Å². The van der Waals surface area contributed by atoms with E-state index in [1.165, 1.54) is 0 Å². The summed E-state index contributed by atoms with van der Waals surface area (Å²) in [6, 6.07) is 0.457. The standard InChI is InChI=1S/C7H16N2O/c1-2-9-3-4-10-6-7(9)5-8/h7H,2-6,8H2,1H3/t7-/m1/s1. The second-order valence-electron chi connectivity index (χ2n) is 2.59. The minimum absolute atomic E-state index is 0.457. The molecule has 0 radical (unpaired) electrons. The summed E-state index contributed by atoms with van der Waals surface area (Å²) < 4.78 is 5.28. The van der Waals surface area contributed by atoms with Gasteiger partial charge in [0, 0.05) is 19.1 Å². The Morgan fingerprint density at radius 3 is 3.00 bits per heavy atom. The highest BCUT2D eigenvalue weighted by molar-refractivity contribution is 4.74. The minimum atomic E-state index is 0.457. The summed E-state index contributed by atoms with van der Waals surface area (Å²) >= 11 is 0. The van der Waals surface area contributed by atoms with Crippen LogP contribution in [0.4, 0.5) is 0 Å². The van der Waals surface area contributed by atoms with E-state index in [-0.39, 0.29) is 0 Å². The lowest BCUT2D eigenvalue weighted by atomic mass is 10.2. The molecule has 0 bridgehead atoms. The maximum Gasteiger partial charge on any atom is 0.0634 e. The van der Waals surface area contributed by atoms with Gasteiger partial charge in [-0.05, 0) is 6.54 Å². The van der Waals surface area contributed by atoms with E-state index in [0.717, 1.165) is 26.3 Å². The van der Waals surface area contributed by atoms with Gasteiger partial charge in [0.2, 0.25) is 0 Å². The Hall–Kier alpha value is -0.120. The lowest BCUT2D eigenvalue weighted by Gasteiger charge is -2.33. The maximum atomic E-state index is 5.55. The second kappa shape index (κ2) is 3.91. The number of nitrogens with two attached hydrogens (primary N) is 1. The molecule has 0 unspecified atom stereocenters. The van der Waals surface area contributed by atoms with Crippen molar-refractivity contribution in [3.8, 4) is 0 Å². The van der Waals surface area contributed by atoms with Crippen LogP contribution >= 0.6 is 0 Å². The topological polar surface area (TPSA) is 38.5 Å². The quantitative estimate of drug-likeness (QED) is 0.576. The third kappa shape index (κ3) is 1.68. The Bertz CT molecular complexity index is 85.6. The molecule has 1 heterocycles. The Kier molecular flexibility index (Phi) is 3.12. The van der Waals surface area contributed by atoms with Crippen molar-refractivity contribution in [2.45, 2.75) is 13.0 Å². The Labute approximate surface area is 62.1 Å². The van der Waals surface area contributed by atoms with Crippen molar-refractivity contribution >= 4 is 0 Å². The summed E-state index contributed by atoms with van der Waals surface area (Å²) in [7, 11) is 0. The van der Waals surface area contributed by atoms with E-state index in [1.807, 2.05) is 0 Å². The average Bonchev–Trinajstić information content (AvgIpc) is 2.04. The van der Waals surface area contributed by atoms with Gasteiger partial charge in [-0.15, -0.1) is 0 Å². The molecule has 3 nitrogen and oxygen atoms in total. The van der Waals surface area contributed by atoms with Gasteiger partial charge in [0.25, 0.3) is 0 Å². The highest BCUT2D eigenvalue weighted by Gasteiger charge is 2.19. The summed E-state index contributed by atoms with van der Waals surface area (Å²) in [4.78, 5) is 2.36. The first-order valence-corrected chi connectivity index (χ1v) is 3.90. The van der Waals surface area contributed by atoms with Gasteiger partial charge in [-0.2, -0.15) is 0 Å². The fraction of sp³-hybridized carbons (Fsp3) is 1.00. The zero-order chi connectivity index (χ0) is 7.40. The van der Waals surface area contributed by atoms with Crippen LogP contribution in [0.3, 0.4) is 0 Å². The molecule has 1 aliphatic rings. The second-order valence-corrected chi connectivity index (χ2v) is 2.59. The SMILES string of the molecule is CCN1CCOC[C@H]1CN. The van der Waals surface area contributed by atoms with Crippen LogP contribution in [-0.2, 0) is 4.74 Å². The molecule has 0 amide bonds. The molecular weight excluding hydrogens is 128 g/mol. The molecule has 0 saturated carbocycles. The van der Waals surface area contributed by atoms with E-state index in [1.54, 1.807) is 0 Å². The Morgan fingerprint density at radius 2 is 2.50 bits per heavy atom. The lowest BCUT2D eigenvalue weighted by Crippen LogP contribution is -2.48. The van der Waals surface area contributed by atoms with Gasteiger partial charge in [0.05, 0.1) is 13.2 Å². The molecule has 0 aromatic carbocycles. The van der Waals surface area contributed by atoms with Crippen LogP contribution in [0.25, 0.3) is 0 Å². The largest absolute Gasteiger partial charge is 0.378 e. The third-order valence-electron chi connectivity index (χ3n) is 2.03. The van der Waals surface area contributed by atoms with Crippen LogP contribution in [0.15, 0.2) is 0 Å². The van der Waals surface area contributed by atoms with E-state index < -0.39 is 0 Å². The maximum absolute atomic E-state index is 5.55. The van der Waals surface area contributed by atoms with Crippen molar-refractivity contribution in [3.63, 3.8) is 0 Å². The van der Waals surface area contributed by atoms with E-state index in [9.17, 15) is 0 Å². The molecule has 1 aliphatic heterocycles. The van der Waals surface area contributed by atoms with Crippen molar-refractivity contribution in [2.24, 2.45) is 5.73 Å². The summed E-state index contributed by atoms with van der Waals surface area (Å²) in [5, 5.41) is 0. The normalized spacial score (nSPS) is 28.8. The number of morpholine rings is 1. The number of nitrogens with zero attached hydrogens (tertiary/aromatic N) is 1. The van der Waals surface area contributed by atoms with Crippen LogP contribution in [0.2, 0.25) is 0 Å². The first-order chi connectivity index (χ1) is 4.88. The van der Waals surface area contributed by atoms with Crippen LogP contribution in [-0.4, -0.2) is 43.8 Å². The van der Waals surface area contributed by atoms with Gasteiger partial charge < -0.3 is 10.5 Å². The predicted octanol–water partition coefficient (Wildman–Crippen LogP) is -0.334. The van der Waals surface area contributed by atoms with Gasteiger partial charge in [-0.3, -0.25) is 4.90 Å². The zero-order valence-electron chi connectivity index (χ0n) is 6.55. The van der Waals surface area contributed by atoms with Crippen molar-refractivity contribution in [3.05, 3.63) is 0 Å². The minimum Gasteiger partial charge on any atom is -0.378 e. The predicted molar refractivity (Wildman–Crippen MR) is 40.9 cm³/mol. The Morgan fingerprint density at radius 1 is 1.70 bits per heavy atom. The van der Waals surface area contributed by atoms with Crippen LogP contribution < -0.4 is 5.73 Å². The summed E-state index contributed by atoms with van der Waals surface area (Å²) in [5.41, 5.74) is 5.55. The smallest absolute Gasteiger partial charge is 0.0634 e. The molecule has 60 valence electrons. The van der Waals surface area contributed by atoms with Gasteiger partial charge in [-0.25, -0.2) is 0 Å². The van der Waals surface area contributed by atoms with Gasteiger partial charge in [0.1, 0.15) is 0 Å². The number of ether oxygens (including phenoxy) is 1. The van der Waals surface area contributed by atoms with Crippen molar-refractivity contribution in [1.82, 2.24) is 4.90 Å².